The fourth-order valence-corrected chi connectivity index (χ4v) is 5.19. The van der Waals surface area contributed by atoms with E-state index in [0.29, 0.717) is 29.9 Å². The third kappa shape index (κ3) is 4.93. The number of carboxylic acid groups (broad SMARTS) is 1. The Hall–Kier alpha value is -2.06. The Morgan fingerprint density at radius 3 is 2.62 bits per heavy atom. The SMILES string of the molecule is CSCC[C@H](NC(=O)C1(NC(=O)c2scc3ccccc23)CCCCC1)C(=O)O. The van der Waals surface area contributed by atoms with E-state index < -0.39 is 17.6 Å². The Bertz CT molecular complexity index is 890. The lowest BCUT2D eigenvalue weighted by Gasteiger charge is -2.37. The zero-order valence-corrected chi connectivity index (χ0v) is 18.0. The largest absolute Gasteiger partial charge is 0.480 e. The molecule has 0 bridgehead atoms. The van der Waals surface area contributed by atoms with Crippen LogP contribution < -0.4 is 10.6 Å². The Kier molecular flexibility index (Phi) is 7.18. The summed E-state index contributed by atoms with van der Waals surface area (Å²) < 4.78 is 0. The van der Waals surface area contributed by atoms with E-state index in [0.717, 1.165) is 30.0 Å². The Morgan fingerprint density at radius 1 is 1.21 bits per heavy atom. The average molecular weight is 435 g/mol. The molecule has 1 aliphatic rings. The average Bonchev–Trinajstić information content (AvgIpc) is 3.15. The van der Waals surface area contributed by atoms with Crippen molar-refractivity contribution in [1.29, 1.82) is 0 Å². The zero-order valence-electron chi connectivity index (χ0n) is 16.4. The van der Waals surface area contributed by atoms with Crippen LogP contribution in [0.1, 0.15) is 48.2 Å². The summed E-state index contributed by atoms with van der Waals surface area (Å²) in [5, 5.41) is 18.9. The number of hydrogen-bond donors (Lipinski definition) is 3. The van der Waals surface area contributed by atoms with Gasteiger partial charge in [-0.15, -0.1) is 11.3 Å². The van der Waals surface area contributed by atoms with Crippen LogP contribution in [0.15, 0.2) is 29.6 Å². The monoisotopic (exact) mass is 434 g/mol. The number of carboxylic acids is 1. The lowest BCUT2D eigenvalue weighted by molar-refractivity contribution is -0.143. The molecule has 1 heterocycles. The molecule has 1 atom stereocenters. The number of amides is 2. The van der Waals surface area contributed by atoms with Crippen molar-refractivity contribution in [3.05, 3.63) is 34.5 Å². The van der Waals surface area contributed by atoms with Crippen molar-refractivity contribution in [2.75, 3.05) is 12.0 Å². The highest BCUT2D eigenvalue weighted by Crippen LogP contribution is 2.31. The van der Waals surface area contributed by atoms with E-state index in [-0.39, 0.29) is 11.8 Å². The minimum atomic E-state index is -1.06. The molecule has 8 heteroatoms. The van der Waals surface area contributed by atoms with Gasteiger partial charge in [-0.05, 0) is 42.0 Å². The third-order valence-electron chi connectivity index (χ3n) is 5.42. The van der Waals surface area contributed by atoms with Crippen molar-refractivity contribution >= 4 is 51.7 Å². The minimum absolute atomic E-state index is 0.274. The van der Waals surface area contributed by atoms with E-state index in [1.807, 2.05) is 35.9 Å². The Balaban J connectivity index is 1.81. The second-order valence-electron chi connectivity index (χ2n) is 7.39. The summed E-state index contributed by atoms with van der Waals surface area (Å²) in [5.41, 5.74) is -1.06. The maximum absolute atomic E-state index is 13.2. The minimum Gasteiger partial charge on any atom is -0.480 e. The van der Waals surface area contributed by atoms with Gasteiger partial charge >= 0.3 is 5.97 Å². The summed E-state index contributed by atoms with van der Waals surface area (Å²) in [5.74, 6) is -1.07. The van der Waals surface area contributed by atoms with E-state index in [9.17, 15) is 19.5 Å². The van der Waals surface area contributed by atoms with Crippen molar-refractivity contribution in [2.45, 2.75) is 50.1 Å². The third-order valence-corrected chi connectivity index (χ3v) is 7.08. The maximum Gasteiger partial charge on any atom is 0.326 e. The van der Waals surface area contributed by atoms with Gasteiger partial charge in [-0.2, -0.15) is 11.8 Å². The number of carbonyl (C=O) groups excluding carboxylic acids is 2. The van der Waals surface area contributed by atoms with Crippen molar-refractivity contribution in [1.82, 2.24) is 10.6 Å². The van der Waals surface area contributed by atoms with Crippen molar-refractivity contribution in [3.63, 3.8) is 0 Å². The topological polar surface area (TPSA) is 95.5 Å². The molecule has 6 nitrogen and oxygen atoms in total. The van der Waals surface area contributed by atoms with Crippen molar-refractivity contribution < 1.29 is 19.5 Å². The van der Waals surface area contributed by atoms with E-state index in [2.05, 4.69) is 10.6 Å². The number of fused-ring (bicyclic) bond motifs is 1. The van der Waals surface area contributed by atoms with Crippen LogP contribution in [-0.4, -0.2) is 46.5 Å². The van der Waals surface area contributed by atoms with Crippen LogP contribution in [0.4, 0.5) is 0 Å². The number of nitrogens with one attached hydrogen (secondary N) is 2. The number of hydrogen-bond acceptors (Lipinski definition) is 5. The molecule has 29 heavy (non-hydrogen) atoms. The fourth-order valence-electron chi connectivity index (χ4n) is 3.80. The van der Waals surface area contributed by atoms with Gasteiger partial charge in [0.15, 0.2) is 0 Å². The quantitative estimate of drug-likeness (QED) is 0.589. The van der Waals surface area contributed by atoms with Gasteiger partial charge in [-0.25, -0.2) is 4.79 Å². The highest BCUT2D eigenvalue weighted by atomic mass is 32.2. The smallest absolute Gasteiger partial charge is 0.326 e. The first-order chi connectivity index (χ1) is 14.0. The molecule has 1 saturated carbocycles. The van der Waals surface area contributed by atoms with Crippen LogP contribution in [0.5, 0.6) is 0 Å². The summed E-state index contributed by atoms with van der Waals surface area (Å²) >= 11 is 2.90. The molecule has 1 fully saturated rings. The van der Waals surface area contributed by atoms with E-state index >= 15 is 0 Å². The molecule has 2 aromatic rings. The van der Waals surface area contributed by atoms with Crippen LogP contribution in [0.25, 0.3) is 10.8 Å². The highest BCUT2D eigenvalue weighted by molar-refractivity contribution is 7.98. The van der Waals surface area contributed by atoms with E-state index in [4.69, 9.17) is 0 Å². The first kappa shape index (κ1) is 21.6. The molecule has 0 radical (unpaired) electrons. The number of aliphatic carboxylic acids is 1. The molecule has 0 spiro atoms. The molecule has 0 saturated heterocycles. The number of thiophene rings is 1. The number of rotatable bonds is 8. The lowest BCUT2D eigenvalue weighted by atomic mass is 9.80. The molecule has 156 valence electrons. The number of benzene rings is 1. The predicted molar refractivity (Wildman–Crippen MR) is 118 cm³/mol. The summed E-state index contributed by atoms with van der Waals surface area (Å²) in [4.78, 5) is 38.4. The normalized spacial score (nSPS) is 16.9. The number of thioether (sulfide) groups is 1. The van der Waals surface area contributed by atoms with Crippen molar-refractivity contribution in [3.8, 4) is 0 Å². The molecular weight excluding hydrogens is 408 g/mol. The van der Waals surface area contributed by atoms with Crippen LogP contribution >= 0.6 is 23.1 Å². The standard InChI is InChI=1S/C21H26N2O4S2/c1-28-12-9-16(19(25)26)22-20(27)21(10-5-2-6-11-21)23-18(24)17-15-8-4-3-7-14(15)13-29-17/h3-4,7-8,13,16H,2,5-6,9-12H2,1H3,(H,22,27)(H,23,24)(H,25,26)/t16-/m0/s1. The molecule has 1 aliphatic carbocycles. The summed E-state index contributed by atoms with van der Waals surface area (Å²) in [6, 6.07) is 6.71. The highest BCUT2D eigenvalue weighted by Gasteiger charge is 2.42. The van der Waals surface area contributed by atoms with Gasteiger partial charge in [0.2, 0.25) is 5.91 Å². The number of carbonyl (C=O) groups is 3. The zero-order chi connectivity index (χ0) is 20.9. The molecular formula is C21H26N2O4S2. The predicted octanol–water partition coefficient (Wildman–Crippen LogP) is 3.66. The first-order valence-electron chi connectivity index (χ1n) is 9.78. The van der Waals surface area contributed by atoms with E-state index in [1.165, 1.54) is 23.1 Å². The van der Waals surface area contributed by atoms with Gasteiger partial charge in [0, 0.05) is 5.39 Å². The van der Waals surface area contributed by atoms with Crippen molar-refractivity contribution in [2.24, 2.45) is 0 Å². The summed E-state index contributed by atoms with van der Waals surface area (Å²) in [6.07, 6.45) is 5.92. The van der Waals surface area contributed by atoms with Gasteiger partial charge < -0.3 is 15.7 Å². The molecule has 3 rings (SSSR count). The Labute approximate surface area is 178 Å². The molecule has 1 aromatic heterocycles. The van der Waals surface area contributed by atoms with Gasteiger partial charge in [0.25, 0.3) is 5.91 Å². The lowest BCUT2D eigenvalue weighted by Crippen LogP contribution is -2.62. The molecule has 1 aromatic carbocycles. The first-order valence-corrected chi connectivity index (χ1v) is 12.1. The molecule has 0 unspecified atom stereocenters. The van der Waals surface area contributed by atoms with Gasteiger partial charge in [-0.3, -0.25) is 9.59 Å². The molecule has 3 N–H and O–H groups in total. The van der Waals surface area contributed by atoms with Crippen LogP contribution in [0.3, 0.4) is 0 Å². The molecule has 0 aliphatic heterocycles. The van der Waals surface area contributed by atoms with Crippen LogP contribution in [0, 0.1) is 0 Å². The van der Waals surface area contributed by atoms with Gasteiger partial charge in [-0.1, -0.05) is 43.5 Å². The Morgan fingerprint density at radius 2 is 1.93 bits per heavy atom. The summed E-state index contributed by atoms with van der Waals surface area (Å²) in [7, 11) is 0. The second kappa shape index (κ2) is 9.63. The second-order valence-corrected chi connectivity index (χ2v) is 9.26. The van der Waals surface area contributed by atoms with Crippen LogP contribution in [0.2, 0.25) is 0 Å². The fraction of sp³-hybridized carbons (Fsp3) is 0.476. The van der Waals surface area contributed by atoms with Gasteiger partial charge in [0.05, 0.1) is 4.88 Å². The molecule has 2 amide bonds. The summed E-state index contributed by atoms with van der Waals surface area (Å²) in [6.45, 7) is 0. The van der Waals surface area contributed by atoms with Gasteiger partial charge in [0.1, 0.15) is 11.6 Å². The van der Waals surface area contributed by atoms with E-state index in [1.54, 1.807) is 0 Å². The maximum atomic E-state index is 13.2. The van der Waals surface area contributed by atoms with Crippen LogP contribution in [-0.2, 0) is 9.59 Å².